The zero-order chi connectivity index (χ0) is 25.7. The van der Waals surface area contributed by atoms with Gasteiger partial charge in [-0.2, -0.15) is 0 Å². The molecular formula is C31H39N3O2. The molecule has 1 unspecified atom stereocenters. The molecule has 1 saturated heterocycles. The van der Waals surface area contributed by atoms with Crippen LogP contribution in [0, 0.1) is 0 Å². The number of benzene rings is 3. The first kappa shape index (κ1) is 25.9. The SMILES string of the molecule is CCN(CC)C(=O)c1ccc(C(c2cccc(O)c2)N2C[C@@H](C)N(Cc3ccccc3)C[C@@H]2C)cc1. The van der Waals surface area contributed by atoms with Crippen LogP contribution in [0.25, 0.3) is 0 Å². The maximum Gasteiger partial charge on any atom is 0.253 e. The van der Waals surface area contributed by atoms with Crippen molar-refractivity contribution in [3.63, 3.8) is 0 Å². The van der Waals surface area contributed by atoms with Gasteiger partial charge in [0, 0.05) is 50.4 Å². The highest BCUT2D eigenvalue weighted by Gasteiger charge is 2.35. The molecule has 1 fully saturated rings. The summed E-state index contributed by atoms with van der Waals surface area (Å²) in [5.74, 6) is 0.339. The van der Waals surface area contributed by atoms with Crippen molar-refractivity contribution in [2.75, 3.05) is 26.2 Å². The number of hydrogen-bond acceptors (Lipinski definition) is 4. The summed E-state index contributed by atoms with van der Waals surface area (Å²) in [6.07, 6.45) is 0. The lowest BCUT2D eigenvalue weighted by molar-refractivity contribution is 0.0195. The highest BCUT2D eigenvalue weighted by molar-refractivity contribution is 5.94. The van der Waals surface area contributed by atoms with Gasteiger partial charge in [-0.05, 0) is 68.7 Å². The number of amides is 1. The third-order valence-corrected chi connectivity index (χ3v) is 7.43. The maximum absolute atomic E-state index is 12.9. The number of carbonyl (C=O) groups excluding carboxylic acids is 1. The second-order valence-corrected chi connectivity index (χ2v) is 9.91. The lowest BCUT2D eigenvalue weighted by atomic mass is 9.92. The molecule has 1 heterocycles. The quantitative estimate of drug-likeness (QED) is 0.454. The molecule has 3 aromatic rings. The number of carbonyl (C=O) groups is 1. The van der Waals surface area contributed by atoms with E-state index in [1.807, 2.05) is 43.0 Å². The number of hydrogen-bond donors (Lipinski definition) is 1. The highest BCUT2D eigenvalue weighted by Crippen LogP contribution is 2.35. The van der Waals surface area contributed by atoms with Crippen LogP contribution in [-0.2, 0) is 6.54 Å². The van der Waals surface area contributed by atoms with Crippen LogP contribution in [0.3, 0.4) is 0 Å². The molecule has 0 radical (unpaired) electrons. The topological polar surface area (TPSA) is 47.0 Å². The smallest absolute Gasteiger partial charge is 0.253 e. The minimum Gasteiger partial charge on any atom is -0.508 e. The summed E-state index contributed by atoms with van der Waals surface area (Å²) in [4.78, 5) is 19.8. The first-order valence-electron chi connectivity index (χ1n) is 13.1. The Labute approximate surface area is 216 Å². The van der Waals surface area contributed by atoms with E-state index in [1.54, 1.807) is 6.07 Å². The summed E-state index contributed by atoms with van der Waals surface area (Å²) in [5, 5.41) is 10.3. The van der Waals surface area contributed by atoms with Crippen molar-refractivity contribution in [2.45, 2.75) is 52.4 Å². The molecule has 1 amide bonds. The van der Waals surface area contributed by atoms with Crippen LogP contribution < -0.4 is 0 Å². The first-order valence-corrected chi connectivity index (χ1v) is 13.1. The van der Waals surface area contributed by atoms with Crippen molar-refractivity contribution >= 4 is 5.91 Å². The van der Waals surface area contributed by atoms with E-state index in [9.17, 15) is 9.90 Å². The van der Waals surface area contributed by atoms with E-state index in [4.69, 9.17) is 0 Å². The molecular weight excluding hydrogens is 446 g/mol. The predicted molar refractivity (Wildman–Crippen MR) is 146 cm³/mol. The summed E-state index contributed by atoms with van der Waals surface area (Å²) >= 11 is 0. The Balaban J connectivity index is 1.62. The van der Waals surface area contributed by atoms with Crippen LogP contribution in [-0.4, -0.2) is 64.0 Å². The second-order valence-electron chi connectivity index (χ2n) is 9.91. The maximum atomic E-state index is 12.9. The van der Waals surface area contributed by atoms with Gasteiger partial charge in [-0.3, -0.25) is 14.6 Å². The van der Waals surface area contributed by atoms with Gasteiger partial charge >= 0.3 is 0 Å². The standard InChI is InChI=1S/C31H39N3O2/c1-5-32(6-2)31(36)27-17-15-26(16-18-27)30(28-13-10-14-29(35)19-28)34-21-23(3)33(20-24(34)4)22-25-11-8-7-9-12-25/h7-19,23-24,30,35H,5-6,20-22H2,1-4H3/t23-,24+,30?/m1/s1. The molecule has 1 N–H and O–H groups in total. The van der Waals surface area contributed by atoms with E-state index in [-0.39, 0.29) is 17.7 Å². The van der Waals surface area contributed by atoms with Crippen LogP contribution in [0.4, 0.5) is 0 Å². The van der Waals surface area contributed by atoms with Gasteiger partial charge in [-0.15, -0.1) is 0 Å². The minimum absolute atomic E-state index is 0.00830. The zero-order valence-corrected chi connectivity index (χ0v) is 22.0. The van der Waals surface area contributed by atoms with Crippen LogP contribution in [0.15, 0.2) is 78.9 Å². The molecule has 5 nitrogen and oxygen atoms in total. The molecule has 190 valence electrons. The Bertz CT molecular complexity index is 1130. The number of piperazine rings is 1. The number of phenolic OH excluding ortho intramolecular Hbond substituents is 1. The van der Waals surface area contributed by atoms with E-state index in [0.29, 0.717) is 30.7 Å². The minimum atomic E-state index is -0.00830. The van der Waals surface area contributed by atoms with Gasteiger partial charge in [-0.25, -0.2) is 0 Å². The van der Waals surface area contributed by atoms with Crippen molar-refractivity contribution in [1.29, 1.82) is 0 Å². The van der Waals surface area contributed by atoms with E-state index in [2.05, 4.69) is 72.2 Å². The van der Waals surface area contributed by atoms with Gasteiger partial charge in [0.1, 0.15) is 5.75 Å². The van der Waals surface area contributed by atoms with Gasteiger partial charge in [0.2, 0.25) is 0 Å². The van der Waals surface area contributed by atoms with Crippen LogP contribution >= 0.6 is 0 Å². The number of rotatable bonds is 8. The molecule has 5 heteroatoms. The van der Waals surface area contributed by atoms with Gasteiger partial charge < -0.3 is 10.0 Å². The van der Waals surface area contributed by atoms with Crippen LogP contribution in [0.1, 0.15) is 60.8 Å². The molecule has 0 saturated carbocycles. The monoisotopic (exact) mass is 485 g/mol. The predicted octanol–water partition coefficient (Wildman–Crippen LogP) is 5.56. The van der Waals surface area contributed by atoms with Gasteiger partial charge in [-0.1, -0.05) is 54.6 Å². The van der Waals surface area contributed by atoms with Crippen molar-refractivity contribution in [3.05, 3.63) is 101 Å². The molecule has 36 heavy (non-hydrogen) atoms. The number of aromatic hydroxyl groups is 1. The van der Waals surface area contributed by atoms with Gasteiger partial charge in [0.15, 0.2) is 0 Å². The Morgan fingerprint density at radius 3 is 2.22 bits per heavy atom. The summed E-state index contributed by atoms with van der Waals surface area (Å²) in [6, 6.07) is 27.0. The van der Waals surface area contributed by atoms with Crippen molar-refractivity contribution in [3.8, 4) is 5.75 Å². The van der Waals surface area contributed by atoms with Gasteiger partial charge in [0.25, 0.3) is 5.91 Å². The largest absolute Gasteiger partial charge is 0.508 e. The Hall–Kier alpha value is -3.15. The lowest BCUT2D eigenvalue weighted by Crippen LogP contribution is -2.56. The van der Waals surface area contributed by atoms with Crippen LogP contribution in [0.5, 0.6) is 5.75 Å². The molecule has 3 atom stereocenters. The molecule has 1 aliphatic heterocycles. The van der Waals surface area contributed by atoms with Crippen LogP contribution in [0.2, 0.25) is 0 Å². The fourth-order valence-electron chi connectivity index (χ4n) is 5.39. The molecule has 1 aliphatic rings. The molecule has 4 rings (SSSR count). The van der Waals surface area contributed by atoms with E-state index in [1.165, 1.54) is 5.56 Å². The Kier molecular flexibility index (Phi) is 8.44. The molecule has 0 aromatic heterocycles. The first-order chi connectivity index (χ1) is 17.4. The summed E-state index contributed by atoms with van der Waals surface area (Å²) in [7, 11) is 0. The normalized spacial score (nSPS) is 19.7. The number of nitrogens with zero attached hydrogens (tertiary/aromatic N) is 3. The summed E-state index contributed by atoms with van der Waals surface area (Å²) in [6.45, 7) is 12.8. The average Bonchev–Trinajstić information content (AvgIpc) is 2.89. The van der Waals surface area contributed by atoms with E-state index in [0.717, 1.165) is 30.8 Å². The van der Waals surface area contributed by atoms with Gasteiger partial charge in [0.05, 0.1) is 6.04 Å². The molecule has 0 aliphatic carbocycles. The van der Waals surface area contributed by atoms with E-state index < -0.39 is 0 Å². The lowest BCUT2D eigenvalue weighted by Gasteiger charge is -2.47. The number of phenols is 1. The highest BCUT2D eigenvalue weighted by atomic mass is 16.3. The zero-order valence-electron chi connectivity index (χ0n) is 22.0. The third-order valence-electron chi connectivity index (χ3n) is 7.43. The summed E-state index contributed by atoms with van der Waals surface area (Å²) < 4.78 is 0. The van der Waals surface area contributed by atoms with Crippen molar-refractivity contribution in [2.24, 2.45) is 0 Å². The second kappa shape index (κ2) is 11.7. The van der Waals surface area contributed by atoms with E-state index >= 15 is 0 Å². The Morgan fingerprint density at radius 2 is 1.58 bits per heavy atom. The van der Waals surface area contributed by atoms with Crippen molar-refractivity contribution < 1.29 is 9.90 Å². The Morgan fingerprint density at radius 1 is 0.889 bits per heavy atom. The molecule has 0 spiro atoms. The van der Waals surface area contributed by atoms with Crippen molar-refractivity contribution in [1.82, 2.24) is 14.7 Å². The molecule has 3 aromatic carbocycles. The molecule has 0 bridgehead atoms. The fourth-order valence-corrected chi connectivity index (χ4v) is 5.39. The average molecular weight is 486 g/mol. The summed E-state index contributed by atoms with van der Waals surface area (Å²) in [5.41, 5.74) is 4.25. The fraction of sp³-hybridized carbons (Fsp3) is 0.387. The third kappa shape index (κ3) is 5.80.